The van der Waals surface area contributed by atoms with Crippen molar-refractivity contribution in [1.29, 1.82) is 0 Å². The molecule has 1 aromatic carbocycles. The van der Waals surface area contributed by atoms with Crippen molar-refractivity contribution in [2.45, 2.75) is 58.9 Å². The molecule has 0 spiro atoms. The number of hydrogen-bond donors (Lipinski definition) is 2. The molecule has 0 amide bonds. The van der Waals surface area contributed by atoms with Gasteiger partial charge < -0.3 is 4.90 Å². The average Bonchev–Trinajstić information content (AvgIpc) is 3.29. The molecule has 0 saturated carbocycles. The SMILES string of the molecule is CC(C=CC=C=C1N(CCCS(=O)(=O)O)C2C=CC=CC2C1(C)C)=CC=CC1=[N+](CCCS(=O)(=O)O)c2ccccc2C1(C)C. The Hall–Kier alpha value is -3.27. The molecule has 2 heterocycles. The van der Waals surface area contributed by atoms with Gasteiger partial charge in [-0.2, -0.15) is 21.4 Å². The van der Waals surface area contributed by atoms with Crippen LogP contribution < -0.4 is 0 Å². The van der Waals surface area contributed by atoms with E-state index in [1.54, 1.807) is 0 Å². The van der Waals surface area contributed by atoms with E-state index in [0.717, 1.165) is 22.7 Å². The fraction of sp³-hybridized carbons (Fsp3) is 0.429. The second-order valence-electron chi connectivity index (χ2n) is 12.9. The lowest BCUT2D eigenvalue weighted by atomic mass is 9.75. The Morgan fingerprint density at radius 2 is 1.64 bits per heavy atom. The Morgan fingerprint density at radius 1 is 0.978 bits per heavy atom. The minimum atomic E-state index is -4.03. The summed E-state index contributed by atoms with van der Waals surface area (Å²) in [4.78, 5) is 2.20. The predicted octanol–water partition coefficient (Wildman–Crippen LogP) is 6.17. The van der Waals surface area contributed by atoms with Gasteiger partial charge in [0.2, 0.25) is 5.69 Å². The summed E-state index contributed by atoms with van der Waals surface area (Å²) < 4.78 is 65.9. The highest BCUT2D eigenvalue weighted by Crippen LogP contribution is 2.49. The number of para-hydroxylation sites is 1. The predicted molar refractivity (Wildman–Crippen MR) is 181 cm³/mol. The maximum absolute atomic E-state index is 11.3. The first-order chi connectivity index (χ1) is 21.0. The van der Waals surface area contributed by atoms with Crippen LogP contribution in [0.2, 0.25) is 0 Å². The fourth-order valence-corrected chi connectivity index (χ4v) is 7.63. The van der Waals surface area contributed by atoms with E-state index in [0.29, 0.717) is 25.9 Å². The van der Waals surface area contributed by atoms with Crippen LogP contribution in [0.1, 0.15) is 53.0 Å². The van der Waals surface area contributed by atoms with Gasteiger partial charge in [-0.3, -0.25) is 9.11 Å². The fourth-order valence-electron chi connectivity index (χ4n) is 6.65. The smallest absolute Gasteiger partial charge is 0.265 e. The summed E-state index contributed by atoms with van der Waals surface area (Å²) in [6, 6.07) is 8.22. The van der Waals surface area contributed by atoms with Crippen LogP contribution in [0.25, 0.3) is 0 Å². The third kappa shape index (κ3) is 8.31. The van der Waals surface area contributed by atoms with Crippen LogP contribution in [0.4, 0.5) is 5.69 Å². The molecular weight excluding hydrogens is 609 g/mol. The van der Waals surface area contributed by atoms with Crippen molar-refractivity contribution in [1.82, 2.24) is 4.90 Å². The summed E-state index contributed by atoms with van der Waals surface area (Å²) in [6.07, 6.45) is 21.0. The highest BCUT2D eigenvalue weighted by Gasteiger charge is 2.48. The number of hydrogen-bond acceptors (Lipinski definition) is 5. The zero-order chi connectivity index (χ0) is 33.0. The van der Waals surface area contributed by atoms with E-state index in [9.17, 15) is 25.9 Å². The maximum atomic E-state index is 11.3. The summed E-state index contributed by atoms with van der Waals surface area (Å²) in [5, 5.41) is 0. The van der Waals surface area contributed by atoms with Gasteiger partial charge in [-0.15, -0.1) is 0 Å². The molecule has 45 heavy (non-hydrogen) atoms. The van der Waals surface area contributed by atoms with Crippen molar-refractivity contribution >= 4 is 31.6 Å². The van der Waals surface area contributed by atoms with Crippen LogP contribution in [0, 0.1) is 11.3 Å². The molecule has 1 fully saturated rings. The van der Waals surface area contributed by atoms with Crippen molar-refractivity contribution in [3.05, 3.63) is 108 Å². The first kappa shape index (κ1) is 34.6. The van der Waals surface area contributed by atoms with E-state index in [4.69, 9.17) is 0 Å². The molecule has 0 aromatic heterocycles. The molecule has 10 heteroatoms. The molecular formula is C35H45N2O6S2+. The zero-order valence-corrected chi connectivity index (χ0v) is 28.4. The minimum Gasteiger partial charge on any atom is -0.361 e. The third-order valence-electron chi connectivity index (χ3n) is 8.87. The van der Waals surface area contributed by atoms with E-state index < -0.39 is 20.2 Å². The molecule has 1 saturated heterocycles. The second-order valence-corrected chi connectivity index (χ2v) is 16.1. The molecule has 2 unspecified atom stereocenters. The molecule has 0 bridgehead atoms. The lowest BCUT2D eigenvalue weighted by molar-refractivity contribution is -0.437. The quantitative estimate of drug-likeness (QED) is 0.120. The Labute approximate surface area is 268 Å². The Morgan fingerprint density at radius 3 is 2.36 bits per heavy atom. The van der Waals surface area contributed by atoms with Crippen molar-refractivity contribution in [3.63, 3.8) is 0 Å². The van der Waals surface area contributed by atoms with E-state index >= 15 is 0 Å². The molecule has 2 N–H and O–H groups in total. The van der Waals surface area contributed by atoms with Gasteiger partial charge in [0.1, 0.15) is 6.54 Å². The summed E-state index contributed by atoms with van der Waals surface area (Å²) in [7, 11) is -8.05. The van der Waals surface area contributed by atoms with Crippen LogP contribution in [-0.2, 0) is 25.7 Å². The molecule has 4 rings (SSSR count). The van der Waals surface area contributed by atoms with Crippen LogP contribution in [0.15, 0.2) is 102 Å². The maximum Gasteiger partial charge on any atom is 0.265 e. The molecule has 2 atom stereocenters. The molecule has 1 aromatic rings. The highest BCUT2D eigenvalue weighted by molar-refractivity contribution is 7.86. The average molecular weight is 654 g/mol. The van der Waals surface area contributed by atoms with E-state index in [2.05, 4.69) is 73.3 Å². The van der Waals surface area contributed by atoms with Gasteiger partial charge in [0.05, 0.1) is 28.7 Å². The molecule has 2 aliphatic heterocycles. The normalized spacial score (nSPS) is 22.4. The van der Waals surface area contributed by atoms with Crippen LogP contribution in [0.5, 0.6) is 0 Å². The van der Waals surface area contributed by atoms with Gasteiger partial charge in [0, 0.05) is 42.0 Å². The Balaban J connectivity index is 1.54. The largest absolute Gasteiger partial charge is 0.361 e. The van der Waals surface area contributed by atoms with Crippen molar-refractivity contribution in [3.8, 4) is 0 Å². The monoisotopic (exact) mass is 653 g/mol. The lowest BCUT2D eigenvalue weighted by Gasteiger charge is -2.27. The molecule has 1 aliphatic carbocycles. The first-order valence-electron chi connectivity index (χ1n) is 15.3. The van der Waals surface area contributed by atoms with Gasteiger partial charge in [0.15, 0.2) is 5.71 Å². The number of benzene rings is 1. The van der Waals surface area contributed by atoms with Gasteiger partial charge in [-0.05, 0) is 33.3 Å². The van der Waals surface area contributed by atoms with E-state index in [-0.39, 0.29) is 34.3 Å². The number of rotatable bonds is 12. The van der Waals surface area contributed by atoms with Crippen molar-refractivity contribution in [2.24, 2.45) is 11.3 Å². The van der Waals surface area contributed by atoms with Crippen molar-refractivity contribution in [2.75, 3.05) is 24.6 Å². The number of likely N-dealkylation sites (tertiary alicyclic amines) is 1. The van der Waals surface area contributed by atoms with E-state index in [1.165, 1.54) is 5.56 Å². The molecule has 8 nitrogen and oxygen atoms in total. The summed E-state index contributed by atoms with van der Waals surface area (Å²) in [5.41, 5.74) is 8.28. The highest BCUT2D eigenvalue weighted by atomic mass is 32.2. The topological polar surface area (TPSA) is 115 Å². The minimum absolute atomic E-state index is 0.106. The van der Waals surface area contributed by atoms with Gasteiger partial charge in [-0.25, -0.2) is 0 Å². The molecule has 3 aliphatic rings. The Kier molecular flexibility index (Phi) is 10.5. The Bertz CT molecular complexity index is 1770. The first-order valence-corrected chi connectivity index (χ1v) is 18.5. The number of fused-ring (bicyclic) bond motifs is 2. The van der Waals surface area contributed by atoms with Gasteiger partial charge in [-0.1, -0.05) is 92.0 Å². The summed E-state index contributed by atoms with van der Waals surface area (Å²) in [6.45, 7) is 11.6. The van der Waals surface area contributed by atoms with Gasteiger partial charge in [0.25, 0.3) is 20.2 Å². The van der Waals surface area contributed by atoms with E-state index in [1.807, 2.05) is 61.6 Å². The standard InChI is InChI=1S/C35H44N2O6S2/c1-27(16-12-22-33-35(4,5)29-18-8-10-20-31(29)37(33)24-14-26-45(41,42)43)15-6-11-21-32-34(2,3)28-17-7-9-19-30(28)36(32)23-13-25-44(38,39)40/h6-12,15-20,22,28,30H,13-14,23-26H2,1-5H3,(H-,38,39,40,41,42,43)/p+1. The van der Waals surface area contributed by atoms with Crippen LogP contribution >= 0.6 is 0 Å². The molecule has 242 valence electrons. The summed E-state index contributed by atoms with van der Waals surface area (Å²) in [5.74, 6) is -0.332. The zero-order valence-electron chi connectivity index (χ0n) is 26.7. The summed E-state index contributed by atoms with van der Waals surface area (Å²) >= 11 is 0. The van der Waals surface area contributed by atoms with Crippen molar-refractivity contribution < 1.29 is 30.5 Å². The number of nitrogens with zero attached hydrogens (tertiary/aromatic N) is 2. The number of allylic oxidation sites excluding steroid dienone is 9. The third-order valence-corrected chi connectivity index (χ3v) is 10.5. The molecule has 0 radical (unpaired) electrons. The van der Waals surface area contributed by atoms with Crippen LogP contribution in [0.3, 0.4) is 0 Å². The lowest BCUT2D eigenvalue weighted by Crippen LogP contribution is -2.32. The van der Waals surface area contributed by atoms with Crippen LogP contribution in [-0.4, -0.2) is 71.8 Å². The van der Waals surface area contributed by atoms with Gasteiger partial charge >= 0.3 is 0 Å². The second kappa shape index (κ2) is 13.6.